The predicted octanol–water partition coefficient (Wildman–Crippen LogP) is 2.24. The fourth-order valence-corrected chi connectivity index (χ4v) is 2.12. The van der Waals surface area contributed by atoms with E-state index in [1.165, 1.54) is 0 Å². The van der Waals surface area contributed by atoms with Gasteiger partial charge in [-0.3, -0.25) is 0 Å². The lowest BCUT2D eigenvalue weighted by Crippen LogP contribution is -2.25. The molecule has 0 radical (unpaired) electrons. The second kappa shape index (κ2) is 14.0. The van der Waals surface area contributed by atoms with E-state index in [1.807, 2.05) is 24.6 Å². The molecule has 19 heavy (non-hydrogen) atoms. The van der Waals surface area contributed by atoms with Gasteiger partial charge in [-0.2, -0.15) is 10.5 Å². The maximum absolute atomic E-state index is 8.40. The Labute approximate surface area is 123 Å². The fraction of sp³-hybridized carbons (Fsp3) is 0.833. The number of rotatable bonds is 12. The quantitative estimate of drug-likeness (QED) is 0.404. The number of nitriles is 2. The minimum atomic E-state index is -0.0734. The average molecular weight is 304 g/mol. The summed E-state index contributed by atoms with van der Waals surface area (Å²) in [6, 6.07) is 4.06. The van der Waals surface area contributed by atoms with E-state index in [4.69, 9.17) is 24.7 Å². The van der Waals surface area contributed by atoms with Crippen molar-refractivity contribution in [2.75, 3.05) is 38.9 Å². The number of thioether (sulfide) groups is 2. The number of hydrogen-bond donors (Lipinski definition) is 0. The predicted molar refractivity (Wildman–Crippen MR) is 77.8 cm³/mol. The van der Waals surface area contributed by atoms with E-state index in [1.54, 1.807) is 23.5 Å². The van der Waals surface area contributed by atoms with E-state index in [0.29, 0.717) is 39.3 Å². The van der Waals surface area contributed by atoms with E-state index >= 15 is 0 Å². The van der Waals surface area contributed by atoms with Crippen LogP contribution in [0.1, 0.15) is 12.8 Å². The fourth-order valence-electron chi connectivity index (χ4n) is 1.09. The summed E-state index contributed by atoms with van der Waals surface area (Å²) in [7, 11) is 0. The lowest BCUT2D eigenvalue weighted by Gasteiger charge is -2.22. The lowest BCUT2D eigenvalue weighted by molar-refractivity contribution is -0.0132. The first-order valence-electron chi connectivity index (χ1n) is 5.88. The van der Waals surface area contributed by atoms with Gasteiger partial charge in [-0.15, -0.1) is 23.5 Å². The molecular formula is C12H20N2O3S2. The van der Waals surface area contributed by atoms with Crippen molar-refractivity contribution in [3.63, 3.8) is 0 Å². The van der Waals surface area contributed by atoms with Gasteiger partial charge in [0.1, 0.15) is 10.9 Å². The summed E-state index contributed by atoms with van der Waals surface area (Å²) in [6.07, 6.45) is 4.69. The van der Waals surface area contributed by atoms with Gasteiger partial charge in [0.2, 0.25) is 0 Å². The number of ether oxygens (including phenoxy) is 3. The van der Waals surface area contributed by atoms with Crippen molar-refractivity contribution in [3.05, 3.63) is 0 Å². The summed E-state index contributed by atoms with van der Waals surface area (Å²) < 4.78 is 16.5. The van der Waals surface area contributed by atoms with E-state index in [9.17, 15) is 0 Å². The molecule has 0 fully saturated rings. The first kappa shape index (κ1) is 18.6. The molecule has 2 unspecified atom stereocenters. The summed E-state index contributed by atoms with van der Waals surface area (Å²) >= 11 is 3.13. The highest BCUT2D eigenvalue weighted by Crippen LogP contribution is 2.18. The number of hydrogen-bond acceptors (Lipinski definition) is 7. The zero-order valence-electron chi connectivity index (χ0n) is 11.3. The molecule has 0 aromatic rings. The zero-order valence-corrected chi connectivity index (χ0v) is 13.0. The van der Waals surface area contributed by atoms with Crippen LogP contribution in [0.2, 0.25) is 0 Å². The summed E-state index contributed by atoms with van der Waals surface area (Å²) in [4.78, 5) is 0. The summed E-state index contributed by atoms with van der Waals surface area (Å²) in [6.45, 7) is 1.77. The molecule has 0 spiro atoms. The molecule has 108 valence electrons. The van der Waals surface area contributed by atoms with Crippen LogP contribution in [0.3, 0.4) is 0 Å². The van der Waals surface area contributed by atoms with E-state index < -0.39 is 0 Å². The molecule has 0 N–H and O–H groups in total. The van der Waals surface area contributed by atoms with Crippen LogP contribution in [0.15, 0.2) is 0 Å². The maximum atomic E-state index is 8.40. The van der Waals surface area contributed by atoms with Gasteiger partial charge in [0.15, 0.2) is 0 Å². The second-order valence-corrected chi connectivity index (χ2v) is 5.43. The van der Waals surface area contributed by atoms with Crippen molar-refractivity contribution in [1.29, 1.82) is 10.5 Å². The van der Waals surface area contributed by atoms with Crippen molar-refractivity contribution in [2.45, 2.75) is 23.7 Å². The third-order valence-electron chi connectivity index (χ3n) is 2.05. The van der Waals surface area contributed by atoms with Gasteiger partial charge in [-0.1, -0.05) is 0 Å². The Bertz CT molecular complexity index is 264. The molecule has 0 heterocycles. The van der Waals surface area contributed by atoms with Crippen LogP contribution in [-0.2, 0) is 14.2 Å². The van der Waals surface area contributed by atoms with E-state index in [-0.39, 0.29) is 10.9 Å². The third-order valence-corrected chi connectivity index (χ3v) is 3.60. The van der Waals surface area contributed by atoms with E-state index in [0.717, 1.165) is 0 Å². The van der Waals surface area contributed by atoms with Crippen LogP contribution in [0.4, 0.5) is 0 Å². The molecule has 0 aliphatic carbocycles. The van der Waals surface area contributed by atoms with Crippen LogP contribution in [-0.4, -0.2) is 49.8 Å². The molecule has 0 amide bonds. The standard InChI is InChI=1S/C12H20N2O3S2/c1-18-11(9-15-7-3-5-13)17-12(19-2)10-16-8-4-6-14/h11-12H,3-4,7-10H2,1-2H3. The van der Waals surface area contributed by atoms with Crippen molar-refractivity contribution >= 4 is 23.5 Å². The molecule has 0 aromatic heterocycles. The van der Waals surface area contributed by atoms with Crippen LogP contribution in [0, 0.1) is 22.7 Å². The minimum absolute atomic E-state index is 0.0734. The maximum Gasteiger partial charge on any atom is 0.127 e. The summed E-state index contributed by atoms with van der Waals surface area (Å²) in [5.74, 6) is 0. The molecule has 0 aliphatic rings. The van der Waals surface area contributed by atoms with Gasteiger partial charge in [-0.25, -0.2) is 0 Å². The van der Waals surface area contributed by atoms with Crippen LogP contribution < -0.4 is 0 Å². The molecular weight excluding hydrogens is 284 g/mol. The number of nitrogens with zero attached hydrogens (tertiary/aromatic N) is 2. The highest BCUT2D eigenvalue weighted by Gasteiger charge is 2.15. The second-order valence-electron chi connectivity index (χ2n) is 3.43. The normalized spacial score (nSPS) is 13.5. The van der Waals surface area contributed by atoms with Crippen molar-refractivity contribution in [3.8, 4) is 12.1 Å². The third kappa shape index (κ3) is 11.1. The molecule has 5 nitrogen and oxygen atoms in total. The first-order chi connectivity index (χ1) is 9.28. The Hall–Kier alpha value is -0.440. The summed E-state index contributed by atoms with van der Waals surface area (Å²) in [5, 5.41) is 16.8. The largest absolute Gasteiger partial charge is 0.377 e. The van der Waals surface area contributed by atoms with E-state index in [2.05, 4.69) is 0 Å². The molecule has 0 rings (SSSR count). The lowest BCUT2D eigenvalue weighted by atomic mass is 10.5. The zero-order chi connectivity index (χ0) is 14.3. The molecule has 0 saturated carbocycles. The Morgan fingerprint density at radius 3 is 1.63 bits per heavy atom. The van der Waals surface area contributed by atoms with Crippen molar-refractivity contribution < 1.29 is 14.2 Å². The average Bonchev–Trinajstić information content (AvgIpc) is 2.44. The minimum Gasteiger partial charge on any atom is -0.377 e. The summed E-state index contributed by atoms with van der Waals surface area (Å²) in [5.41, 5.74) is -0.147. The molecule has 0 aliphatic heterocycles. The van der Waals surface area contributed by atoms with Gasteiger partial charge in [0.25, 0.3) is 0 Å². The molecule has 0 bridgehead atoms. The molecule has 7 heteroatoms. The van der Waals surface area contributed by atoms with Gasteiger partial charge >= 0.3 is 0 Å². The molecule has 0 saturated heterocycles. The van der Waals surface area contributed by atoms with Gasteiger partial charge in [0, 0.05) is 0 Å². The van der Waals surface area contributed by atoms with Gasteiger partial charge in [0.05, 0.1) is 51.4 Å². The topological polar surface area (TPSA) is 75.3 Å². The van der Waals surface area contributed by atoms with Crippen LogP contribution in [0.5, 0.6) is 0 Å². The first-order valence-corrected chi connectivity index (χ1v) is 8.46. The highest BCUT2D eigenvalue weighted by atomic mass is 32.2. The Morgan fingerprint density at radius 2 is 1.32 bits per heavy atom. The van der Waals surface area contributed by atoms with Crippen molar-refractivity contribution in [2.24, 2.45) is 0 Å². The van der Waals surface area contributed by atoms with Crippen LogP contribution in [0.25, 0.3) is 0 Å². The van der Waals surface area contributed by atoms with Gasteiger partial charge < -0.3 is 14.2 Å². The Morgan fingerprint density at radius 1 is 0.895 bits per heavy atom. The SMILES string of the molecule is CSC(COCCC#N)OC(COCCC#N)SC. The smallest absolute Gasteiger partial charge is 0.127 e. The molecule has 2 atom stereocenters. The van der Waals surface area contributed by atoms with Crippen LogP contribution >= 0.6 is 23.5 Å². The molecule has 0 aromatic carbocycles. The van der Waals surface area contributed by atoms with Gasteiger partial charge in [-0.05, 0) is 12.5 Å². The van der Waals surface area contributed by atoms with Crippen molar-refractivity contribution in [1.82, 2.24) is 0 Å². The highest BCUT2D eigenvalue weighted by molar-refractivity contribution is 7.99. The monoisotopic (exact) mass is 304 g/mol. The Balaban J connectivity index is 3.83. The Kier molecular flexibility index (Phi) is 13.7.